The molecule has 1 heterocycles. The summed E-state index contributed by atoms with van der Waals surface area (Å²) in [6.45, 7) is 10.6. The molecule has 1 amide bonds. The maximum absolute atomic E-state index is 11.8. The average Bonchev–Trinajstić information content (AvgIpc) is 2.63. The van der Waals surface area contributed by atoms with Crippen molar-refractivity contribution in [2.24, 2.45) is 5.92 Å². The molecule has 0 atom stereocenters. The van der Waals surface area contributed by atoms with E-state index in [4.69, 9.17) is 0 Å². The van der Waals surface area contributed by atoms with Gasteiger partial charge in [-0.2, -0.15) is 0 Å². The molecule has 1 aromatic rings. The number of carbonyl (C=O) groups excluding carboxylic acids is 1. The van der Waals surface area contributed by atoms with Crippen molar-refractivity contribution in [1.82, 2.24) is 10.6 Å². The van der Waals surface area contributed by atoms with Crippen molar-refractivity contribution in [3.63, 3.8) is 0 Å². The van der Waals surface area contributed by atoms with Crippen molar-refractivity contribution in [1.29, 1.82) is 0 Å². The summed E-state index contributed by atoms with van der Waals surface area (Å²) in [7, 11) is 0. The van der Waals surface area contributed by atoms with Gasteiger partial charge in [0, 0.05) is 25.3 Å². The van der Waals surface area contributed by atoms with E-state index >= 15 is 0 Å². The minimum absolute atomic E-state index is 0.120. The van der Waals surface area contributed by atoms with Crippen LogP contribution in [0.2, 0.25) is 0 Å². The first-order valence-corrected chi connectivity index (χ1v) is 7.88. The van der Waals surface area contributed by atoms with Crippen LogP contribution in [0.15, 0.2) is 18.2 Å². The number of aryl methyl sites for hydroxylation is 1. The number of amides is 1. The Morgan fingerprint density at radius 3 is 2.95 bits per heavy atom. The predicted molar refractivity (Wildman–Crippen MR) is 87.6 cm³/mol. The zero-order valence-electron chi connectivity index (χ0n) is 13.4. The van der Waals surface area contributed by atoms with Gasteiger partial charge in [0.05, 0.1) is 6.54 Å². The molecular weight excluding hydrogens is 262 g/mol. The molecule has 116 valence electrons. The summed E-state index contributed by atoms with van der Waals surface area (Å²) in [5.74, 6) is 0.761. The molecule has 0 aliphatic carbocycles. The van der Waals surface area contributed by atoms with Crippen molar-refractivity contribution in [2.45, 2.75) is 33.7 Å². The van der Waals surface area contributed by atoms with E-state index in [2.05, 4.69) is 54.5 Å². The summed E-state index contributed by atoms with van der Waals surface area (Å²) < 4.78 is 0. The second kappa shape index (κ2) is 7.46. The van der Waals surface area contributed by atoms with Gasteiger partial charge in [0.25, 0.3) is 0 Å². The highest BCUT2D eigenvalue weighted by molar-refractivity contribution is 5.82. The van der Waals surface area contributed by atoms with Gasteiger partial charge in [-0.15, -0.1) is 0 Å². The third kappa shape index (κ3) is 4.74. The predicted octanol–water partition coefficient (Wildman–Crippen LogP) is 2.07. The molecular formula is C17H27N3O. The molecule has 4 nitrogen and oxygen atoms in total. The summed E-state index contributed by atoms with van der Waals surface area (Å²) in [6, 6.07) is 6.51. The Balaban J connectivity index is 2.14. The zero-order chi connectivity index (χ0) is 15.2. The number of carbonyl (C=O) groups is 1. The summed E-state index contributed by atoms with van der Waals surface area (Å²) >= 11 is 0. The number of nitrogens with one attached hydrogen (secondary N) is 2. The van der Waals surface area contributed by atoms with E-state index in [-0.39, 0.29) is 5.91 Å². The monoisotopic (exact) mass is 289 g/mol. The van der Waals surface area contributed by atoms with E-state index < -0.39 is 0 Å². The molecule has 1 fully saturated rings. The van der Waals surface area contributed by atoms with Crippen molar-refractivity contribution in [3.8, 4) is 0 Å². The molecule has 0 aromatic heterocycles. The summed E-state index contributed by atoms with van der Waals surface area (Å²) in [5.41, 5.74) is 3.73. The van der Waals surface area contributed by atoms with Crippen molar-refractivity contribution in [3.05, 3.63) is 29.3 Å². The SMILES string of the molecule is Cc1ccc(N2CCCNC(=O)C2)c(CNCC(C)C)c1. The lowest BCUT2D eigenvalue weighted by Gasteiger charge is -2.25. The molecule has 1 aliphatic heterocycles. The molecule has 2 rings (SSSR count). The lowest BCUT2D eigenvalue weighted by molar-refractivity contribution is -0.119. The maximum atomic E-state index is 11.8. The number of anilines is 1. The van der Waals surface area contributed by atoms with Crippen molar-refractivity contribution >= 4 is 11.6 Å². The van der Waals surface area contributed by atoms with Gasteiger partial charge in [0.2, 0.25) is 5.91 Å². The van der Waals surface area contributed by atoms with Crippen LogP contribution in [-0.4, -0.2) is 32.1 Å². The largest absolute Gasteiger partial charge is 0.362 e. The third-order valence-electron chi connectivity index (χ3n) is 3.71. The minimum atomic E-state index is 0.120. The Hall–Kier alpha value is -1.55. The fourth-order valence-electron chi connectivity index (χ4n) is 2.67. The Morgan fingerprint density at radius 2 is 2.19 bits per heavy atom. The molecule has 2 N–H and O–H groups in total. The second-order valence-corrected chi connectivity index (χ2v) is 6.28. The third-order valence-corrected chi connectivity index (χ3v) is 3.71. The molecule has 1 aromatic carbocycles. The first kappa shape index (κ1) is 15.8. The number of benzene rings is 1. The van der Waals surface area contributed by atoms with Gasteiger partial charge in [-0.3, -0.25) is 4.79 Å². The molecule has 0 radical (unpaired) electrons. The van der Waals surface area contributed by atoms with Gasteiger partial charge in [-0.05, 0) is 37.4 Å². The van der Waals surface area contributed by atoms with Crippen LogP contribution in [0.1, 0.15) is 31.4 Å². The highest BCUT2D eigenvalue weighted by Gasteiger charge is 2.17. The van der Waals surface area contributed by atoms with Gasteiger partial charge in [-0.1, -0.05) is 31.5 Å². The van der Waals surface area contributed by atoms with Crippen molar-refractivity contribution < 1.29 is 4.79 Å². The molecule has 1 aliphatic rings. The Kier molecular flexibility index (Phi) is 5.62. The smallest absolute Gasteiger partial charge is 0.239 e. The Bertz CT molecular complexity index is 485. The highest BCUT2D eigenvalue weighted by Crippen LogP contribution is 2.23. The van der Waals surface area contributed by atoms with Crippen LogP contribution < -0.4 is 15.5 Å². The zero-order valence-corrected chi connectivity index (χ0v) is 13.4. The molecule has 0 spiro atoms. The fraction of sp³-hybridized carbons (Fsp3) is 0.588. The van der Waals surface area contributed by atoms with Crippen LogP contribution >= 0.6 is 0 Å². The number of hydrogen-bond acceptors (Lipinski definition) is 3. The van der Waals surface area contributed by atoms with Crippen LogP contribution in [0, 0.1) is 12.8 Å². The Labute approximate surface area is 127 Å². The van der Waals surface area contributed by atoms with Crippen LogP contribution in [0.25, 0.3) is 0 Å². The van der Waals surface area contributed by atoms with Gasteiger partial charge in [-0.25, -0.2) is 0 Å². The first-order valence-electron chi connectivity index (χ1n) is 7.88. The van der Waals surface area contributed by atoms with Crippen LogP contribution in [0.3, 0.4) is 0 Å². The number of hydrogen-bond donors (Lipinski definition) is 2. The standard InChI is InChI=1S/C17H27N3O/c1-13(2)10-18-11-15-9-14(3)5-6-16(15)20-8-4-7-19-17(21)12-20/h5-6,9,13,18H,4,7-8,10-12H2,1-3H3,(H,19,21). The minimum Gasteiger partial charge on any atom is -0.362 e. The van der Waals surface area contributed by atoms with Crippen LogP contribution in [-0.2, 0) is 11.3 Å². The van der Waals surface area contributed by atoms with E-state index in [0.717, 1.165) is 32.6 Å². The van der Waals surface area contributed by atoms with E-state index in [1.807, 2.05) is 0 Å². The van der Waals surface area contributed by atoms with E-state index in [9.17, 15) is 4.79 Å². The van der Waals surface area contributed by atoms with Gasteiger partial charge >= 0.3 is 0 Å². The number of rotatable bonds is 5. The van der Waals surface area contributed by atoms with Gasteiger partial charge in [0.1, 0.15) is 0 Å². The second-order valence-electron chi connectivity index (χ2n) is 6.28. The molecule has 0 unspecified atom stereocenters. The topological polar surface area (TPSA) is 44.4 Å². The quantitative estimate of drug-likeness (QED) is 0.872. The number of nitrogens with zero attached hydrogens (tertiary/aromatic N) is 1. The summed E-state index contributed by atoms with van der Waals surface area (Å²) in [6.07, 6.45) is 0.998. The highest BCUT2D eigenvalue weighted by atomic mass is 16.2. The lowest BCUT2D eigenvalue weighted by atomic mass is 10.1. The summed E-state index contributed by atoms with van der Waals surface area (Å²) in [4.78, 5) is 14.0. The van der Waals surface area contributed by atoms with Crippen LogP contribution in [0.5, 0.6) is 0 Å². The van der Waals surface area contributed by atoms with E-state index in [1.54, 1.807) is 0 Å². The van der Waals surface area contributed by atoms with E-state index in [1.165, 1.54) is 16.8 Å². The molecule has 4 heteroatoms. The molecule has 21 heavy (non-hydrogen) atoms. The molecule has 0 bridgehead atoms. The average molecular weight is 289 g/mol. The first-order chi connectivity index (χ1) is 10.1. The molecule has 1 saturated heterocycles. The maximum Gasteiger partial charge on any atom is 0.239 e. The Morgan fingerprint density at radius 1 is 1.38 bits per heavy atom. The van der Waals surface area contributed by atoms with Gasteiger partial charge < -0.3 is 15.5 Å². The van der Waals surface area contributed by atoms with Crippen molar-refractivity contribution in [2.75, 3.05) is 31.1 Å². The van der Waals surface area contributed by atoms with Crippen LogP contribution in [0.4, 0.5) is 5.69 Å². The van der Waals surface area contributed by atoms with E-state index in [0.29, 0.717) is 12.5 Å². The summed E-state index contributed by atoms with van der Waals surface area (Å²) in [5, 5.41) is 6.44. The lowest BCUT2D eigenvalue weighted by Crippen LogP contribution is -2.34. The fourth-order valence-corrected chi connectivity index (χ4v) is 2.67. The normalized spacial score (nSPS) is 16.0. The van der Waals surface area contributed by atoms with Gasteiger partial charge in [0.15, 0.2) is 0 Å². The molecule has 0 saturated carbocycles.